The zero-order valence-electron chi connectivity index (χ0n) is 17.2. The molecule has 0 radical (unpaired) electrons. The molecule has 0 atom stereocenters. The van der Waals surface area contributed by atoms with E-state index in [0.717, 1.165) is 22.4 Å². The number of benzene rings is 2. The van der Waals surface area contributed by atoms with Gasteiger partial charge in [-0.25, -0.2) is 4.79 Å². The molecule has 1 heterocycles. The normalized spacial score (nSPS) is 11.0. The second-order valence-corrected chi connectivity index (χ2v) is 8.15. The van der Waals surface area contributed by atoms with Crippen LogP contribution in [0.5, 0.6) is 11.6 Å². The number of hydrogen-bond acceptors (Lipinski definition) is 5. The highest BCUT2D eigenvalue weighted by atomic mass is 79.9. The van der Waals surface area contributed by atoms with Gasteiger partial charge in [0.25, 0.3) is 0 Å². The zero-order chi connectivity index (χ0) is 22.1. The van der Waals surface area contributed by atoms with Crippen molar-refractivity contribution in [1.29, 1.82) is 0 Å². The van der Waals surface area contributed by atoms with Gasteiger partial charge in [0, 0.05) is 28.8 Å². The van der Waals surface area contributed by atoms with Gasteiger partial charge in [0.05, 0.1) is 13.2 Å². The molecule has 0 amide bonds. The third kappa shape index (κ3) is 6.92. The summed E-state index contributed by atoms with van der Waals surface area (Å²) in [7, 11) is 1.51. The molecule has 0 aliphatic rings. The van der Waals surface area contributed by atoms with E-state index in [2.05, 4.69) is 36.8 Å². The van der Waals surface area contributed by atoms with Crippen molar-refractivity contribution >= 4 is 31.9 Å². The molecule has 3 rings (SSSR count). The third-order valence-electron chi connectivity index (χ3n) is 4.56. The van der Waals surface area contributed by atoms with Gasteiger partial charge in [-0.3, -0.25) is 4.57 Å². The number of methoxy groups -OCH3 is 1. The first kappa shape index (κ1) is 23.5. The second-order valence-electron chi connectivity index (χ2n) is 6.85. The summed E-state index contributed by atoms with van der Waals surface area (Å²) in [6.45, 7) is 0.616. The summed E-state index contributed by atoms with van der Waals surface area (Å²) in [5, 5.41) is 1.33. The molecule has 0 aliphatic carbocycles. The Hall–Kier alpha value is -2.16. The van der Waals surface area contributed by atoms with Crippen LogP contribution < -0.4 is 15.2 Å². The van der Waals surface area contributed by atoms with Crippen LogP contribution >= 0.6 is 31.9 Å². The minimum Gasteiger partial charge on any atom is -0.489 e. The predicted octanol–water partition coefficient (Wildman–Crippen LogP) is 4.55. The Bertz CT molecular complexity index is 1020. The molecular weight excluding hydrogens is 528 g/mol. The standard InChI is InChI=1S/C23H24Br2N2O4/c1-29-22-19(14-27(23(28)26-22)16-31-21(12-24)13-25)10-18-8-5-9-20(11-18)30-15-17-6-3-2-4-7-17/h2-9,11,14,21H,10,12-13,15-16H2,1H3. The Morgan fingerprint density at radius 3 is 2.48 bits per heavy atom. The number of ether oxygens (including phenoxy) is 3. The van der Waals surface area contributed by atoms with Crippen LogP contribution in [0.3, 0.4) is 0 Å². The molecule has 8 heteroatoms. The van der Waals surface area contributed by atoms with E-state index in [4.69, 9.17) is 14.2 Å². The maximum Gasteiger partial charge on any atom is 0.352 e. The van der Waals surface area contributed by atoms with Crippen molar-refractivity contribution in [3.05, 3.63) is 88.0 Å². The number of rotatable bonds is 11. The average Bonchev–Trinajstić information content (AvgIpc) is 2.81. The molecule has 0 bridgehead atoms. The number of alkyl halides is 2. The van der Waals surface area contributed by atoms with E-state index in [1.54, 1.807) is 6.20 Å². The molecule has 2 aromatic carbocycles. The molecular formula is C23H24Br2N2O4. The zero-order valence-corrected chi connectivity index (χ0v) is 20.3. The van der Waals surface area contributed by atoms with Gasteiger partial charge >= 0.3 is 5.69 Å². The molecule has 0 spiro atoms. The first-order valence-corrected chi connectivity index (χ1v) is 12.0. The van der Waals surface area contributed by atoms with Crippen molar-refractivity contribution in [3.63, 3.8) is 0 Å². The molecule has 0 fully saturated rings. The van der Waals surface area contributed by atoms with Crippen LogP contribution in [0, 0.1) is 0 Å². The van der Waals surface area contributed by atoms with E-state index >= 15 is 0 Å². The molecule has 0 saturated carbocycles. The van der Waals surface area contributed by atoms with Crippen molar-refractivity contribution in [2.24, 2.45) is 0 Å². The van der Waals surface area contributed by atoms with Crippen LogP contribution in [0.25, 0.3) is 0 Å². The van der Waals surface area contributed by atoms with Crippen LogP contribution in [0.4, 0.5) is 0 Å². The van der Waals surface area contributed by atoms with Crippen molar-refractivity contribution in [2.75, 3.05) is 17.8 Å². The van der Waals surface area contributed by atoms with Gasteiger partial charge in [0.1, 0.15) is 19.1 Å². The smallest absolute Gasteiger partial charge is 0.352 e. The maximum absolute atomic E-state index is 12.3. The van der Waals surface area contributed by atoms with Crippen molar-refractivity contribution in [3.8, 4) is 11.6 Å². The van der Waals surface area contributed by atoms with Crippen LogP contribution in [0.15, 0.2) is 65.6 Å². The van der Waals surface area contributed by atoms with Crippen molar-refractivity contribution < 1.29 is 14.2 Å². The molecule has 31 heavy (non-hydrogen) atoms. The minimum atomic E-state index is -0.413. The van der Waals surface area contributed by atoms with Crippen LogP contribution in [0.1, 0.15) is 16.7 Å². The number of aromatic nitrogens is 2. The molecule has 0 unspecified atom stereocenters. The SMILES string of the molecule is COc1nc(=O)n(COC(CBr)CBr)cc1Cc1cccc(OCc2ccccc2)c1. The highest BCUT2D eigenvalue weighted by Gasteiger charge is 2.12. The van der Waals surface area contributed by atoms with E-state index in [0.29, 0.717) is 29.6 Å². The lowest BCUT2D eigenvalue weighted by molar-refractivity contribution is 0.0323. The lowest BCUT2D eigenvalue weighted by Gasteiger charge is -2.15. The van der Waals surface area contributed by atoms with Gasteiger partial charge in [-0.05, 0) is 23.3 Å². The van der Waals surface area contributed by atoms with Crippen LogP contribution in [0.2, 0.25) is 0 Å². The molecule has 3 aromatic rings. The highest BCUT2D eigenvalue weighted by Crippen LogP contribution is 2.21. The predicted molar refractivity (Wildman–Crippen MR) is 128 cm³/mol. The lowest BCUT2D eigenvalue weighted by atomic mass is 10.1. The quantitative estimate of drug-likeness (QED) is 0.327. The largest absolute Gasteiger partial charge is 0.489 e. The minimum absolute atomic E-state index is 0.0455. The van der Waals surface area contributed by atoms with Gasteiger partial charge in [-0.15, -0.1) is 0 Å². The maximum atomic E-state index is 12.3. The number of hydrogen-bond donors (Lipinski definition) is 0. The summed E-state index contributed by atoms with van der Waals surface area (Å²) >= 11 is 6.79. The lowest BCUT2D eigenvalue weighted by Crippen LogP contribution is -2.28. The second kappa shape index (κ2) is 12.0. The van der Waals surface area contributed by atoms with Gasteiger partial charge in [0.15, 0.2) is 0 Å². The van der Waals surface area contributed by atoms with E-state index < -0.39 is 5.69 Å². The highest BCUT2D eigenvalue weighted by molar-refractivity contribution is 9.09. The fourth-order valence-corrected chi connectivity index (χ4v) is 4.38. The summed E-state index contributed by atoms with van der Waals surface area (Å²) < 4.78 is 18.5. The number of halogens is 2. The van der Waals surface area contributed by atoms with Gasteiger partial charge in [0.2, 0.25) is 5.88 Å². The summed E-state index contributed by atoms with van der Waals surface area (Å²) in [5.74, 6) is 1.09. The molecule has 6 nitrogen and oxygen atoms in total. The first-order valence-electron chi connectivity index (χ1n) is 9.76. The third-order valence-corrected chi connectivity index (χ3v) is 6.00. The molecule has 0 aliphatic heterocycles. The first-order chi connectivity index (χ1) is 15.1. The van der Waals surface area contributed by atoms with Gasteiger partial charge < -0.3 is 14.2 Å². The van der Waals surface area contributed by atoms with E-state index in [-0.39, 0.29) is 12.8 Å². The Morgan fingerprint density at radius 2 is 1.77 bits per heavy atom. The number of nitrogens with zero attached hydrogens (tertiary/aromatic N) is 2. The summed E-state index contributed by atoms with van der Waals surface area (Å²) in [5.41, 5.74) is 2.51. The Kier molecular flexibility index (Phi) is 9.12. The van der Waals surface area contributed by atoms with Gasteiger partial charge in [-0.1, -0.05) is 74.3 Å². The Labute approximate surface area is 198 Å². The molecule has 164 valence electrons. The van der Waals surface area contributed by atoms with E-state index in [1.807, 2.05) is 54.6 Å². The fraction of sp³-hybridized carbons (Fsp3) is 0.304. The molecule has 1 aromatic heterocycles. The summed E-state index contributed by atoms with van der Waals surface area (Å²) in [6.07, 6.45) is 2.24. The summed E-state index contributed by atoms with van der Waals surface area (Å²) in [4.78, 5) is 16.4. The Balaban J connectivity index is 1.74. The van der Waals surface area contributed by atoms with E-state index in [1.165, 1.54) is 11.7 Å². The van der Waals surface area contributed by atoms with Crippen molar-refractivity contribution in [2.45, 2.75) is 25.9 Å². The Morgan fingerprint density at radius 1 is 1.03 bits per heavy atom. The van der Waals surface area contributed by atoms with E-state index in [9.17, 15) is 4.79 Å². The monoisotopic (exact) mass is 550 g/mol. The van der Waals surface area contributed by atoms with Gasteiger partial charge in [-0.2, -0.15) is 4.98 Å². The van der Waals surface area contributed by atoms with Crippen LogP contribution in [-0.4, -0.2) is 33.4 Å². The molecule has 0 N–H and O–H groups in total. The fourth-order valence-electron chi connectivity index (χ4n) is 2.93. The van der Waals surface area contributed by atoms with Crippen LogP contribution in [-0.2, 0) is 24.5 Å². The average molecular weight is 552 g/mol. The topological polar surface area (TPSA) is 62.6 Å². The summed E-state index contributed by atoms with van der Waals surface area (Å²) in [6, 6.07) is 17.9. The molecule has 0 saturated heterocycles. The van der Waals surface area contributed by atoms with Crippen molar-refractivity contribution in [1.82, 2.24) is 9.55 Å².